The molecule has 29 heavy (non-hydrogen) atoms. The first-order valence-corrected chi connectivity index (χ1v) is 8.67. The summed E-state index contributed by atoms with van der Waals surface area (Å²) in [6.07, 6.45) is 0. The Morgan fingerprint density at radius 1 is 1.00 bits per heavy atom. The van der Waals surface area contributed by atoms with Crippen LogP contribution in [0.4, 0.5) is 5.69 Å². The smallest absolute Gasteiger partial charge is 0.344 e. The van der Waals surface area contributed by atoms with E-state index in [2.05, 4.69) is 15.2 Å². The first-order chi connectivity index (χ1) is 14.0. The standard InChI is InChI=1S/C21H18N2O6/c1-13-18(19(23-29-13)14-8-4-3-5-9-14)21(26)28-12-17(24)22-16-11-7-6-10-15(16)20(25)27-2/h3-11H,12H2,1-2H3,(H,22,24). The van der Waals surface area contributed by atoms with Gasteiger partial charge in [-0.1, -0.05) is 47.6 Å². The number of methoxy groups -OCH3 is 1. The summed E-state index contributed by atoms with van der Waals surface area (Å²) >= 11 is 0. The maximum Gasteiger partial charge on any atom is 0.344 e. The van der Waals surface area contributed by atoms with Crippen molar-refractivity contribution in [3.05, 3.63) is 71.5 Å². The lowest BCUT2D eigenvalue weighted by molar-refractivity contribution is -0.119. The summed E-state index contributed by atoms with van der Waals surface area (Å²) in [7, 11) is 1.24. The van der Waals surface area contributed by atoms with Crippen LogP contribution in [-0.2, 0) is 14.3 Å². The molecule has 0 unspecified atom stereocenters. The highest BCUT2D eigenvalue weighted by Gasteiger charge is 2.24. The summed E-state index contributed by atoms with van der Waals surface area (Å²) in [6, 6.07) is 15.4. The highest BCUT2D eigenvalue weighted by atomic mass is 16.5. The molecule has 8 nitrogen and oxygen atoms in total. The number of benzene rings is 2. The predicted molar refractivity (Wildman–Crippen MR) is 103 cm³/mol. The van der Waals surface area contributed by atoms with Crippen LogP contribution in [0.5, 0.6) is 0 Å². The minimum absolute atomic E-state index is 0.152. The summed E-state index contributed by atoms with van der Waals surface area (Å²) < 4.78 is 14.9. The zero-order valence-corrected chi connectivity index (χ0v) is 15.8. The van der Waals surface area contributed by atoms with Crippen molar-refractivity contribution in [2.75, 3.05) is 19.0 Å². The number of amides is 1. The first kappa shape index (κ1) is 19.8. The third-order valence-corrected chi connectivity index (χ3v) is 4.05. The topological polar surface area (TPSA) is 108 Å². The number of anilines is 1. The number of esters is 2. The SMILES string of the molecule is COC(=O)c1ccccc1NC(=O)COC(=O)c1c(-c2ccccc2)noc1C. The number of hydrogen-bond acceptors (Lipinski definition) is 7. The van der Waals surface area contributed by atoms with Crippen LogP contribution in [0.25, 0.3) is 11.3 Å². The molecule has 3 rings (SSSR count). The van der Waals surface area contributed by atoms with Gasteiger partial charge in [0.05, 0.1) is 18.4 Å². The fraction of sp³-hybridized carbons (Fsp3) is 0.143. The number of nitrogens with one attached hydrogen (secondary N) is 1. The number of aryl methyl sites for hydroxylation is 1. The fourth-order valence-electron chi connectivity index (χ4n) is 2.68. The normalized spacial score (nSPS) is 10.3. The van der Waals surface area contributed by atoms with E-state index in [0.29, 0.717) is 11.3 Å². The van der Waals surface area contributed by atoms with Crippen molar-refractivity contribution in [3.8, 4) is 11.3 Å². The lowest BCUT2D eigenvalue weighted by Gasteiger charge is -2.10. The van der Waals surface area contributed by atoms with Crippen molar-refractivity contribution in [2.24, 2.45) is 0 Å². The van der Waals surface area contributed by atoms with Gasteiger partial charge in [0.25, 0.3) is 5.91 Å². The number of ether oxygens (including phenoxy) is 2. The van der Waals surface area contributed by atoms with Crippen LogP contribution in [0.15, 0.2) is 59.1 Å². The average molecular weight is 394 g/mol. The van der Waals surface area contributed by atoms with Crippen molar-refractivity contribution in [1.29, 1.82) is 0 Å². The molecule has 1 N–H and O–H groups in total. The van der Waals surface area contributed by atoms with Gasteiger partial charge in [0.2, 0.25) is 0 Å². The lowest BCUT2D eigenvalue weighted by atomic mass is 10.1. The van der Waals surface area contributed by atoms with E-state index in [1.807, 2.05) is 6.07 Å². The van der Waals surface area contributed by atoms with Crippen LogP contribution in [-0.4, -0.2) is 36.7 Å². The molecule has 0 spiro atoms. The molecule has 148 valence electrons. The third-order valence-electron chi connectivity index (χ3n) is 4.05. The maximum atomic E-state index is 12.5. The van der Waals surface area contributed by atoms with Gasteiger partial charge in [-0.2, -0.15) is 0 Å². The number of carbonyl (C=O) groups is 3. The van der Waals surface area contributed by atoms with Gasteiger partial charge >= 0.3 is 11.9 Å². The van der Waals surface area contributed by atoms with Crippen LogP contribution in [0, 0.1) is 6.92 Å². The van der Waals surface area contributed by atoms with Crippen LogP contribution in [0.2, 0.25) is 0 Å². The van der Waals surface area contributed by atoms with Crippen molar-refractivity contribution in [3.63, 3.8) is 0 Å². The van der Waals surface area contributed by atoms with Gasteiger partial charge in [0.15, 0.2) is 6.61 Å². The molecule has 3 aromatic rings. The molecule has 0 atom stereocenters. The largest absolute Gasteiger partial charge is 0.465 e. The molecular weight excluding hydrogens is 376 g/mol. The number of carbonyl (C=O) groups excluding carboxylic acids is 3. The molecule has 0 radical (unpaired) electrons. The summed E-state index contributed by atoms with van der Waals surface area (Å²) in [5.41, 5.74) is 1.62. The van der Waals surface area contributed by atoms with E-state index in [-0.39, 0.29) is 22.6 Å². The first-order valence-electron chi connectivity index (χ1n) is 8.67. The van der Waals surface area contributed by atoms with Gasteiger partial charge in [-0.15, -0.1) is 0 Å². The molecule has 1 aromatic heterocycles. The van der Waals surface area contributed by atoms with Gasteiger partial charge in [0.1, 0.15) is 17.0 Å². The van der Waals surface area contributed by atoms with Gasteiger partial charge < -0.3 is 19.3 Å². The highest BCUT2D eigenvalue weighted by molar-refractivity contribution is 6.03. The van der Waals surface area contributed by atoms with Crippen LogP contribution < -0.4 is 5.32 Å². The number of para-hydroxylation sites is 1. The summed E-state index contributed by atoms with van der Waals surface area (Å²) in [5.74, 6) is -1.65. The number of rotatable bonds is 6. The molecule has 0 saturated carbocycles. The summed E-state index contributed by atoms with van der Waals surface area (Å²) in [6.45, 7) is 1.04. The van der Waals surface area contributed by atoms with E-state index >= 15 is 0 Å². The molecule has 0 saturated heterocycles. The Labute approximate surface area is 166 Å². The lowest BCUT2D eigenvalue weighted by Crippen LogP contribution is -2.22. The quantitative estimate of drug-likeness (QED) is 0.640. The number of nitrogens with zero attached hydrogens (tertiary/aromatic N) is 1. The van der Waals surface area contributed by atoms with Gasteiger partial charge in [0, 0.05) is 5.56 Å². The zero-order valence-electron chi connectivity index (χ0n) is 15.8. The Morgan fingerprint density at radius 2 is 1.69 bits per heavy atom. The minimum atomic E-state index is -0.737. The van der Waals surface area contributed by atoms with Crippen LogP contribution >= 0.6 is 0 Å². The molecular formula is C21H18N2O6. The number of hydrogen-bond donors (Lipinski definition) is 1. The van der Waals surface area contributed by atoms with Crippen molar-refractivity contribution < 1.29 is 28.4 Å². The molecule has 2 aromatic carbocycles. The Bertz CT molecular complexity index is 1040. The van der Waals surface area contributed by atoms with Crippen molar-refractivity contribution in [2.45, 2.75) is 6.92 Å². The Kier molecular flexibility index (Phi) is 6.03. The van der Waals surface area contributed by atoms with Gasteiger partial charge in [-0.05, 0) is 19.1 Å². The summed E-state index contributed by atoms with van der Waals surface area (Å²) in [5, 5.41) is 6.45. The number of aromatic nitrogens is 1. The minimum Gasteiger partial charge on any atom is -0.465 e. The van der Waals surface area contributed by atoms with E-state index in [1.54, 1.807) is 49.4 Å². The predicted octanol–water partition coefficient (Wildman–Crippen LogP) is 3.23. The molecule has 1 heterocycles. The summed E-state index contributed by atoms with van der Waals surface area (Å²) in [4.78, 5) is 36.5. The fourth-order valence-corrected chi connectivity index (χ4v) is 2.68. The molecule has 0 aliphatic rings. The highest BCUT2D eigenvalue weighted by Crippen LogP contribution is 2.25. The average Bonchev–Trinajstić information content (AvgIpc) is 3.14. The van der Waals surface area contributed by atoms with E-state index in [4.69, 9.17) is 9.26 Å². The molecule has 1 amide bonds. The molecule has 0 bridgehead atoms. The van der Waals surface area contributed by atoms with Crippen LogP contribution in [0.1, 0.15) is 26.5 Å². The molecule has 0 fully saturated rings. The monoisotopic (exact) mass is 394 g/mol. The second kappa shape index (κ2) is 8.83. The third kappa shape index (κ3) is 4.49. The van der Waals surface area contributed by atoms with Crippen molar-refractivity contribution >= 4 is 23.5 Å². The zero-order chi connectivity index (χ0) is 20.8. The van der Waals surface area contributed by atoms with E-state index in [0.717, 1.165) is 0 Å². The molecule has 0 aliphatic heterocycles. The second-order valence-electron chi connectivity index (χ2n) is 5.99. The Balaban J connectivity index is 1.69. The van der Waals surface area contributed by atoms with E-state index in [1.165, 1.54) is 13.2 Å². The van der Waals surface area contributed by atoms with Crippen molar-refractivity contribution in [1.82, 2.24) is 5.16 Å². The Hall–Kier alpha value is -3.94. The molecule has 0 aliphatic carbocycles. The van der Waals surface area contributed by atoms with E-state index < -0.39 is 24.5 Å². The van der Waals surface area contributed by atoms with Gasteiger partial charge in [-0.3, -0.25) is 4.79 Å². The van der Waals surface area contributed by atoms with E-state index in [9.17, 15) is 14.4 Å². The maximum absolute atomic E-state index is 12.5. The Morgan fingerprint density at radius 3 is 2.41 bits per heavy atom. The van der Waals surface area contributed by atoms with Crippen LogP contribution in [0.3, 0.4) is 0 Å². The second-order valence-corrected chi connectivity index (χ2v) is 5.99. The van der Waals surface area contributed by atoms with Gasteiger partial charge in [-0.25, -0.2) is 9.59 Å². The molecule has 8 heteroatoms.